The highest BCUT2D eigenvalue weighted by Crippen LogP contribution is 2.32. The van der Waals surface area contributed by atoms with Gasteiger partial charge in [-0.25, -0.2) is 4.98 Å². The second-order valence-electron chi connectivity index (χ2n) is 6.55. The van der Waals surface area contributed by atoms with E-state index in [0.29, 0.717) is 11.3 Å². The van der Waals surface area contributed by atoms with Crippen molar-refractivity contribution in [1.82, 2.24) is 14.5 Å². The first kappa shape index (κ1) is 15.5. The molecule has 0 aliphatic heterocycles. The molecule has 0 amide bonds. The molecule has 2 heterocycles. The van der Waals surface area contributed by atoms with E-state index >= 15 is 0 Å². The quantitative estimate of drug-likeness (QED) is 0.673. The molecule has 4 heteroatoms. The first-order valence-electron chi connectivity index (χ1n) is 8.32. The molecule has 1 aliphatic carbocycles. The lowest BCUT2D eigenvalue weighted by atomic mass is 9.93. The Bertz CT molecular complexity index is 1030. The van der Waals surface area contributed by atoms with Crippen molar-refractivity contribution in [3.05, 3.63) is 82.2 Å². The number of nitrogens with zero attached hydrogens (tertiary/aromatic N) is 3. The van der Waals surface area contributed by atoms with E-state index in [0.717, 1.165) is 40.1 Å². The van der Waals surface area contributed by atoms with E-state index in [2.05, 4.69) is 28.2 Å². The Labute approximate surface area is 146 Å². The maximum atomic E-state index is 13.3. The third kappa shape index (κ3) is 2.60. The number of carbonyl (C=O) groups is 1. The number of benzene rings is 1. The van der Waals surface area contributed by atoms with E-state index in [-0.39, 0.29) is 5.78 Å². The fraction of sp³-hybridized carbons (Fsp3) is 0.190. The third-order valence-electron chi connectivity index (χ3n) is 4.83. The minimum absolute atomic E-state index is 0.0401. The number of carbonyl (C=O) groups excluding carboxylic acids is 1. The lowest BCUT2D eigenvalue weighted by molar-refractivity contribution is 0.105. The van der Waals surface area contributed by atoms with E-state index < -0.39 is 0 Å². The zero-order valence-electron chi connectivity index (χ0n) is 14.6. The molecule has 25 heavy (non-hydrogen) atoms. The molecular formula is C21H19N3O. The Hall–Kier alpha value is -3.01. The topological polar surface area (TPSA) is 47.8 Å². The number of fused-ring (bicyclic) bond motifs is 2. The van der Waals surface area contributed by atoms with Gasteiger partial charge in [-0.1, -0.05) is 29.8 Å². The third-order valence-corrected chi connectivity index (χ3v) is 4.83. The molecule has 0 spiro atoms. The number of pyridine rings is 1. The van der Waals surface area contributed by atoms with Gasteiger partial charge in [0.1, 0.15) is 5.69 Å². The van der Waals surface area contributed by atoms with Crippen LogP contribution < -0.4 is 0 Å². The largest absolute Gasteiger partial charge is 0.337 e. The van der Waals surface area contributed by atoms with Crippen LogP contribution >= 0.6 is 0 Å². The van der Waals surface area contributed by atoms with Gasteiger partial charge in [0.15, 0.2) is 0 Å². The number of hydrogen-bond acceptors (Lipinski definition) is 3. The number of ketones is 1. The van der Waals surface area contributed by atoms with Gasteiger partial charge >= 0.3 is 0 Å². The highest BCUT2D eigenvalue weighted by molar-refractivity contribution is 6.32. The van der Waals surface area contributed by atoms with Gasteiger partial charge in [-0.2, -0.15) is 0 Å². The number of aromatic nitrogens is 3. The minimum atomic E-state index is -0.0401. The summed E-state index contributed by atoms with van der Waals surface area (Å²) < 4.78 is 1.87. The number of allylic oxidation sites excluding steroid dienone is 1. The molecule has 1 aromatic carbocycles. The van der Waals surface area contributed by atoms with Gasteiger partial charge in [0.25, 0.3) is 0 Å². The van der Waals surface area contributed by atoms with Crippen molar-refractivity contribution in [2.75, 3.05) is 0 Å². The average molecular weight is 329 g/mol. The highest BCUT2D eigenvalue weighted by atomic mass is 16.1. The van der Waals surface area contributed by atoms with Crippen LogP contribution in [-0.2, 0) is 13.5 Å². The molecule has 2 aromatic heterocycles. The zero-order valence-corrected chi connectivity index (χ0v) is 14.6. The maximum absolute atomic E-state index is 13.3. The molecule has 0 bridgehead atoms. The monoisotopic (exact) mass is 329 g/mol. The molecule has 0 saturated carbocycles. The number of aryl methyl sites for hydroxylation is 2. The summed E-state index contributed by atoms with van der Waals surface area (Å²) in [5.41, 5.74) is 7.29. The maximum Gasteiger partial charge on any atom is 0.213 e. The minimum Gasteiger partial charge on any atom is -0.337 e. The van der Waals surface area contributed by atoms with E-state index in [1.807, 2.05) is 43.7 Å². The average Bonchev–Trinajstić information content (AvgIpc) is 2.85. The SMILES string of the molecule is Cc1ccc2c(c1)C(C(=O)c1ncn(C)c1C)=Cc1cccnc1C2. The standard InChI is InChI=1S/C21H19N3O/c1-13-6-7-15-11-19-16(5-4-8-22-19)10-18(17(15)9-13)21(25)20-14(2)24(3)12-23-20/h4-10,12H,11H2,1-3H3. The fourth-order valence-corrected chi connectivity index (χ4v) is 3.27. The highest BCUT2D eigenvalue weighted by Gasteiger charge is 2.24. The summed E-state index contributed by atoms with van der Waals surface area (Å²) in [7, 11) is 1.90. The number of Topliss-reactive ketones (excluding diaryl/α,β-unsaturated/α-hetero) is 1. The smallest absolute Gasteiger partial charge is 0.213 e. The van der Waals surface area contributed by atoms with Gasteiger partial charge in [0.2, 0.25) is 5.78 Å². The fourth-order valence-electron chi connectivity index (χ4n) is 3.27. The van der Waals surface area contributed by atoms with E-state index in [1.54, 1.807) is 12.5 Å². The molecular weight excluding hydrogens is 310 g/mol. The summed E-state index contributed by atoms with van der Waals surface area (Å²) in [4.78, 5) is 22.1. The summed E-state index contributed by atoms with van der Waals surface area (Å²) in [5, 5.41) is 0. The van der Waals surface area contributed by atoms with Crippen molar-refractivity contribution in [3.8, 4) is 0 Å². The molecule has 0 N–H and O–H groups in total. The predicted molar refractivity (Wildman–Crippen MR) is 98.4 cm³/mol. The Balaban J connectivity index is 1.95. The van der Waals surface area contributed by atoms with Crippen molar-refractivity contribution >= 4 is 17.4 Å². The van der Waals surface area contributed by atoms with E-state index in [9.17, 15) is 4.79 Å². The van der Waals surface area contributed by atoms with Crippen LogP contribution in [0.1, 0.15) is 44.1 Å². The van der Waals surface area contributed by atoms with Crippen molar-refractivity contribution < 1.29 is 4.79 Å². The van der Waals surface area contributed by atoms with Gasteiger partial charge in [0.05, 0.1) is 12.0 Å². The van der Waals surface area contributed by atoms with Crippen molar-refractivity contribution in [1.29, 1.82) is 0 Å². The lowest BCUT2D eigenvalue weighted by Crippen LogP contribution is -2.07. The Kier molecular flexibility index (Phi) is 3.61. The normalized spacial score (nSPS) is 12.8. The van der Waals surface area contributed by atoms with Crippen molar-refractivity contribution in [2.45, 2.75) is 20.3 Å². The van der Waals surface area contributed by atoms with Crippen LogP contribution in [-0.4, -0.2) is 20.3 Å². The number of imidazole rings is 1. The molecule has 0 atom stereocenters. The van der Waals surface area contributed by atoms with Crippen LogP contribution in [0.2, 0.25) is 0 Å². The first-order valence-corrected chi connectivity index (χ1v) is 8.32. The van der Waals surface area contributed by atoms with Crippen LogP contribution in [0.3, 0.4) is 0 Å². The van der Waals surface area contributed by atoms with Gasteiger partial charge < -0.3 is 4.57 Å². The van der Waals surface area contributed by atoms with Crippen LogP contribution in [0.15, 0.2) is 42.9 Å². The Morgan fingerprint density at radius 3 is 2.76 bits per heavy atom. The number of rotatable bonds is 2. The summed E-state index contributed by atoms with van der Waals surface area (Å²) in [6.45, 7) is 3.97. The zero-order chi connectivity index (χ0) is 17.6. The predicted octanol–water partition coefficient (Wildman–Crippen LogP) is 3.76. The van der Waals surface area contributed by atoms with Gasteiger partial charge in [-0.3, -0.25) is 9.78 Å². The molecule has 4 nitrogen and oxygen atoms in total. The van der Waals surface area contributed by atoms with Gasteiger partial charge in [-0.05, 0) is 42.7 Å². The van der Waals surface area contributed by atoms with E-state index in [4.69, 9.17) is 0 Å². The van der Waals surface area contributed by atoms with Crippen LogP contribution in [0.4, 0.5) is 0 Å². The molecule has 0 fully saturated rings. The number of hydrogen-bond donors (Lipinski definition) is 0. The van der Waals surface area contributed by atoms with Gasteiger partial charge in [0, 0.05) is 30.9 Å². The van der Waals surface area contributed by atoms with E-state index in [1.165, 1.54) is 0 Å². The Morgan fingerprint density at radius 2 is 2.00 bits per heavy atom. The molecule has 4 rings (SSSR count). The summed E-state index contributed by atoms with van der Waals surface area (Å²) in [6.07, 6.45) is 6.17. The molecule has 1 aliphatic rings. The van der Waals surface area contributed by atoms with Crippen LogP contribution in [0.5, 0.6) is 0 Å². The molecule has 0 unspecified atom stereocenters. The summed E-state index contributed by atoms with van der Waals surface area (Å²) >= 11 is 0. The first-order chi connectivity index (χ1) is 12.0. The van der Waals surface area contributed by atoms with Crippen molar-refractivity contribution in [2.24, 2.45) is 7.05 Å². The van der Waals surface area contributed by atoms with Crippen molar-refractivity contribution in [3.63, 3.8) is 0 Å². The molecule has 0 saturated heterocycles. The second-order valence-corrected chi connectivity index (χ2v) is 6.55. The lowest BCUT2D eigenvalue weighted by Gasteiger charge is -2.11. The molecule has 124 valence electrons. The van der Waals surface area contributed by atoms with Crippen LogP contribution in [0.25, 0.3) is 11.6 Å². The van der Waals surface area contributed by atoms with Gasteiger partial charge in [-0.15, -0.1) is 0 Å². The summed E-state index contributed by atoms with van der Waals surface area (Å²) in [5.74, 6) is -0.0401. The Morgan fingerprint density at radius 1 is 1.16 bits per heavy atom. The molecule has 3 aromatic rings. The summed E-state index contributed by atoms with van der Waals surface area (Å²) in [6, 6.07) is 10.2. The molecule has 0 radical (unpaired) electrons. The van der Waals surface area contributed by atoms with Crippen LogP contribution in [0, 0.1) is 13.8 Å². The second kappa shape index (κ2) is 5.81.